The van der Waals surface area contributed by atoms with Crippen LogP contribution in [0.2, 0.25) is 0 Å². The highest BCUT2D eigenvalue weighted by atomic mass is 16.3. The molecule has 0 aliphatic rings. The van der Waals surface area contributed by atoms with Crippen molar-refractivity contribution in [2.45, 2.75) is 63.7 Å². The number of nitrogens with one attached hydrogen (secondary N) is 4. The molecule has 16 heteroatoms. The van der Waals surface area contributed by atoms with Gasteiger partial charge >= 0.3 is 0 Å². The fourth-order valence-electron chi connectivity index (χ4n) is 5.22. The zero-order valence-electron chi connectivity index (χ0n) is 27.5. The molecule has 3 amide bonds. The molecule has 3 aromatic rings. The third-order valence-electron chi connectivity index (χ3n) is 8.53. The van der Waals surface area contributed by atoms with Crippen LogP contribution in [0.15, 0.2) is 51.2 Å². The molecule has 0 saturated carbocycles. The monoisotopic (exact) mass is 669 g/mol. The zero-order chi connectivity index (χ0) is 35.6. The fraction of sp³-hybridized carbons (Fsp3) is 0.438. The summed E-state index contributed by atoms with van der Waals surface area (Å²) in [7, 11) is 6.53. The third-order valence-corrected chi connectivity index (χ3v) is 8.53. The molecule has 0 radical (unpaired) electrons. The Labute approximate surface area is 276 Å². The molecular formula is C32H43N7O9. The number of carbonyl (C=O) groups is 3. The summed E-state index contributed by atoms with van der Waals surface area (Å²) >= 11 is 0. The molecule has 0 bridgehead atoms. The summed E-state index contributed by atoms with van der Waals surface area (Å²) in [5.41, 5.74) is -1.90. The highest BCUT2D eigenvalue weighted by Gasteiger charge is 2.30. The van der Waals surface area contributed by atoms with Crippen molar-refractivity contribution < 1.29 is 29.7 Å². The van der Waals surface area contributed by atoms with Crippen LogP contribution < -0.4 is 37.6 Å². The molecule has 3 aromatic heterocycles. The standard InChI is InChI=1S/C32H43N7O9/c1-33-32(11-5-26(43)34-17-20-29(46)23(40)8-14-37(20)2,12-6-27(44)35-18-21-30(47)24(41)9-15-38(21)3)13-7-28(45)36-19-22-31(48)25(42)10-16-39(22)4/h8-10,14-16,33,46-48H,5-7,11-13,17-19H2,1-4H3,(H,34,43)(H,35,44)(H,36,45). The smallest absolute Gasteiger partial charge is 0.223 e. The molecular weight excluding hydrogens is 626 g/mol. The normalized spacial score (nSPS) is 11.2. The summed E-state index contributed by atoms with van der Waals surface area (Å²) in [6.45, 7) is -0.297. The molecule has 0 aliphatic carbocycles. The summed E-state index contributed by atoms with van der Waals surface area (Å²) in [6, 6.07) is 3.63. The van der Waals surface area contributed by atoms with Crippen molar-refractivity contribution in [3.8, 4) is 17.2 Å². The van der Waals surface area contributed by atoms with Crippen LogP contribution in [0.4, 0.5) is 0 Å². The molecule has 260 valence electrons. The van der Waals surface area contributed by atoms with Gasteiger partial charge in [0, 0.05) is 82.7 Å². The van der Waals surface area contributed by atoms with E-state index in [-0.39, 0.29) is 93.0 Å². The van der Waals surface area contributed by atoms with Gasteiger partial charge in [-0.15, -0.1) is 0 Å². The minimum atomic E-state index is -0.878. The number of aromatic hydroxyl groups is 3. The van der Waals surface area contributed by atoms with E-state index in [2.05, 4.69) is 21.3 Å². The first-order valence-corrected chi connectivity index (χ1v) is 15.3. The average molecular weight is 670 g/mol. The van der Waals surface area contributed by atoms with Gasteiger partial charge < -0.3 is 50.3 Å². The van der Waals surface area contributed by atoms with Gasteiger partial charge in [-0.05, 0) is 26.3 Å². The van der Waals surface area contributed by atoms with E-state index in [1.54, 1.807) is 28.2 Å². The van der Waals surface area contributed by atoms with Crippen LogP contribution in [0.25, 0.3) is 0 Å². The van der Waals surface area contributed by atoms with Crippen LogP contribution in [0, 0.1) is 0 Å². The lowest BCUT2D eigenvalue weighted by Gasteiger charge is -2.34. The predicted octanol–water partition coefficient (Wildman–Crippen LogP) is -0.553. The first kappa shape index (κ1) is 37.1. The van der Waals surface area contributed by atoms with Crippen LogP contribution in [0.5, 0.6) is 17.2 Å². The van der Waals surface area contributed by atoms with Gasteiger partial charge in [-0.2, -0.15) is 0 Å². The number of hydrogen-bond acceptors (Lipinski definition) is 10. The molecule has 0 aliphatic heterocycles. The van der Waals surface area contributed by atoms with E-state index in [9.17, 15) is 44.1 Å². The van der Waals surface area contributed by atoms with Crippen molar-refractivity contribution in [1.29, 1.82) is 0 Å². The fourth-order valence-corrected chi connectivity index (χ4v) is 5.22. The van der Waals surface area contributed by atoms with Gasteiger partial charge in [0.25, 0.3) is 0 Å². The van der Waals surface area contributed by atoms with Gasteiger partial charge in [-0.25, -0.2) is 0 Å². The van der Waals surface area contributed by atoms with Crippen LogP contribution in [-0.2, 0) is 55.2 Å². The van der Waals surface area contributed by atoms with Crippen molar-refractivity contribution in [1.82, 2.24) is 35.0 Å². The number of amides is 3. The average Bonchev–Trinajstić information content (AvgIpc) is 3.06. The number of aryl methyl sites for hydroxylation is 3. The Kier molecular flexibility index (Phi) is 12.7. The molecule has 0 atom stereocenters. The molecule has 48 heavy (non-hydrogen) atoms. The molecule has 0 aromatic carbocycles. The Balaban J connectivity index is 1.68. The molecule has 3 heterocycles. The van der Waals surface area contributed by atoms with E-state index in [1.807, 2.05) is 0 Å². The summed E-state index contributed by atoms with van der Waals surface area (Å²) in [6.07, 6.45) is 4.98. The van der Waals surface area contributed by atoms with Crippen LogP contribution >= 0.6 is 0 Å². The Hall–Kier alpha value is -5.38. The third kappa shape index (κ3) is 9.57. The topological polar surface area (TPSA) is 226 Å². The maximum Gasteiger partial charge on any atom is 0.223 e. The van der Waals surface area contributed by atoms with E-state index in [0.29, 0.717) is 0 Å². The van der Waals surface area contributed by atoms with Gasteiger partial charge in [0.15, 0.2) is 17.2 Å². The molecule has 0 saturated heterocycles. The summed E-state index contributed by atoms with van der Waals surface area (Å²) in [5.74, 6) is -2.56. The van der Waals surface area contributed by atoms with Crippen molar-refractivity contribution in [3.63, 3.8) is 0 Å². The number of hydrogen-bond donors (Lipinski definition) is 7. The highest BCUT2D eigenvalue weighted by molar-refractivity contribution is 5.77. The minimum Gasteiger partial charge on any atom is -0.503 e. The van der Waals surface area contributed by atoms with Gasteiger partial charge in [0.1, 0.15) is 0 Å². The van der Waals surface area contributed by atoms with Crippen LogP contribution in [-0.4, -0.2) is 59.3 Å². The van der Waals surface area contributed by atoms with Crippen molar-refractivity contribution in [3.05, 3.63) is 84.5 Å². The second kappa shape index (κ2) is 16.4. The first-order chi connectivity index (χ1) is 22.7. The Morgan fingerprint density at radius 1 is 0.583 bits per heavy atom. The lowest BCUT2D eigenvalue weighted by Crippen LogP contribution is -2.46. The largest absolute Gasteiger partial charge is 0.503 e. The second-order valence-electron chi connectivity index (χ2n) is 11.6. The van der Waals surface area contributed by atoms with Crippen LogP contribution in [0.3, 0.4) is 0 Å². The summed E-state index contributed by atoms with van der Waals surface area (Å²) in [4.78, 5) is 74.2. The quantitative estimate of drug-likeness (QED) is 0.103. The maximum atomic E-state index is 12.9. The zero-order valence-corrected chi connectivity index (χ0v) is 27.5. The summed E-state index contributed by atoms with van der Waals surface area (Å²) < 4.78 is 4.56. The Bertz CT molecular complexity index is 1620. The van der Waals surface area contributed by atoms with E-state index < -0.39 is 39.1 Å². The molecule has 3 rings (SSSR count). The highest BCUT2D eigenvalue weighted by Crippen LogP contribution is 2.26. The van der Waals surface area contributed by atoms with Gasteiger partial charge in [0.05, 0.1) is 36.7 Å². The maximum absolute atomic E-state index is 12.9. The number of aromatic nitrogens is 3. The lowest BCUT2D eigenvalue weighted by atomic mass is 9.83. The molecule has 0 spiro atoms. The predicted molar refractivity (Wildman–Crippen MR) is 175 cm³/mol. The lowest BCUT2D eigenvalue weighted by molar-refractivity contribution is -0.121. The van der Waals surface area contributed by atoms with E-state index in [0.717, 1.165) is 0 Å². The number of nitrogens with zero attached hydrogens (tertiary/aromatic N) is 3. The van der Waals surface area contributed by atoms with Crippen molar-refractivity contribution in [2.75, 3.05) is 7.05 Å². The molecule has 0 unspecified atom stereocenters. The Morgan fingerprint density at radius 3 is 1.10 bits per heavy atom. The summed E-state index contributed by atoms with van der Waals surface area (Å²) in [5, 5.41) is 41.6. The van der Waals surface area contributed by atoms with Crippen LogP contribution in [0.1, 0.15) is 55.6 Å². The van der Waals surface area contributed by atoms with E-state index in [4.69, 9.17) is 0 Å². The number of carbonyl (C=O) groups excluding carboxylic acids is 3. The number of rotatable bonds is 16. The molecule has 7 N–H and O–H groups in total. The number of pyridine rings is 3. The molecule has 0 fully saturated rings. The second-order valence-corrected chi connectivity index (χ2v) is 11.6. The van der Waals surface area contributed by atoms with E-state index in [1.165, 1.54) is 50.5 Å². The molecule has 16 nitrogen and oxygen atoms in total. The van der Waals surface area contributed by atoms with Gasteiger partial charge in [-0.1, -0.05) is 0 Å². The van der Waals surface area contributed by atoms with Crippen molar-refractivity contribution >= 4 is 17.7 Å². The first-order valence-electron chi connectivity index (χ1n) is 15.3. The Morgan fingerprint density at radius 2 is 0.854 bits per heavy atom. The SMILES string of the molecule is CNC(CCC(=O)NCc1c(O)c(=O)ccn1C)(CCC(=O)NCc1c(O)c(=O)ccn1C)CCC(=O)NCc1c(O)c(=O)ccn1C. The van der Waals surface area contributed by atoms with E-state index >= 15 is 0 Å². The van der Waals surface area contributed by atoms with Gasteiger partial charge in [0.2, 0.25) is 34.0 Å². The van der Waals surface area contributed by atoms with Gasteiger partial charge in [-0.3, -0.25) is 28.8 Å². The minimum absolute atomic E-state index is 0.0222. The van der Waals surface area contributed by atoms with Crippen molar-refractivity contribution in [2.24, 2.45) is 21.1 Å².